The van der Waals surface area contributed by atoms with E-state index in [-0.39, 0.29) is 12.0 Å². The lowest BCUT2D eigenvalue weighted by Crippen LogP contribution is -2.45. The average Bonchev–Trinajstić information content (AvgIpc) is 3.20. The average molecular weight is 444 g/mol. The quantitative estimate of drug-likeness (QED) is 0.674. The van der Waals surface area contributed by atoms with E-state index in [1.807, 2.05) is 18.2 Å². The highest BCUT2D eigenvalue weighted by Crippen LogP contribution is 2.27. The number of likely N-dealkylation sites (tertiary alicyclic amines) is 1. The smallest absolute Gasteiger partial charge is 0.323 e. The Hall–Kier alpha value is -2.68. The maximum Gasteiger partial charge on any atom is 0.323 e. The van der Waals surface area contributed by atoms with Gasteiger partial charge in [-0.25, -0.2) is 9.78 Å². The molecule has 31 heavy (non-hydrogen) atoms. The fraction of sp³-hybridized carbons (Fsp3) is 0.409. The van der Waals surface area contributed by atoms with Gasteiger partial charge in [0.05, 0.1) is 11.1 Å². The molecule has 0 aliphatic carbocycles. The number of nitrogens with one attached hydrogen (secondary N) is 3. The molecule has 2 aromatic rings. The van der Waals surface area contributed by atoms with Crippen LogP contribution in [-0.4, -0.2) is 54.2 Å². The van der Waals surface area contributed by atoms with Crippen molar-refractivity contribution in [3.63, 3.8) is 0 Å². The molecule has 3 amide bonds. The fourth-order valence-corrected chi connectivity index (χ4v) is 4.27. The largest absolute Gasteiger partial charge is 0.380 e. The zero-order valence-electron chi connectivity index (χ0n) is 17.5. The highest BCUT2D eigenvalue weighted by Gasteiger charge is 2.40. The van der Waals surface area contributed by atoms with Crippen molar-refractivity contribution in [2.24, 2.45) is 0 Å². The minimum atomic E-state index is -0.645. The minimum absolute atomic E-state index is 0.213. The Morgan fingerprint density at radius 3 is 2.84 bits per heavy atom. The van der Waals surface area contributed by atoms with Gasteiger partial charge in [-0.2, -0.15) is 0 Å². The molecule has 2 aliphatic heterocycles. The molecule has 0 spiro atoms. The van der Waals surface area contributed by atoms with Crippen molar-refractivity contribution < 1.29 is 14.3 Å². The Morgan fingerprint density at radius 2 is 2.10 bits per heavy atom. The summed E-state index contributed by atoms with van der Waals surface area (Å²) < 4.78 is 5.43. The summed E-state index contributed by atoms with van der Waals surface area (Å²) in [5.41, 5.74) is 3.22. The van der Waals surface area contributed by atoms with Gasteiger partial charge in [0.1, 0.15) is 11.9 Å². The van der Waals surface area contributed by atoms with Crippen LogP contribution >= 0.6 is 11.6 Å². The van der Waals surface area contributed by atoms with Crippen molar-refractivity contribution in [3.8, 4) is 0 Å². The van der Waals surface area contributed by atoms with Crippen LogP contribution in [0.25, 0.3) is 0 Å². The number of methoxy groups -OCH3 is 1. The van der Waals surface area contributed by atoms with Crippen LogP contribution in [0.5, 0.6) is 0 Å². The van der Waals surface area contributed by atoms with Gasteiger partial charge in [0.2, 0.25) is 5.91 Å². The molecule has 0 saturated carbocycles. The molecule has 1 aromatic heterocycles. The van der Waals surface area contributed by atoms with Crippen LogP contribution in [-0.2, 0) is 16.0 Å². The molecule has 164 valence electrons. The minimum Gasteiger partial charge on any atom is -0.380 e. The van der Waals surface area contributed by atoms with Crippen molar-refractivity contribution in [1.29, 1.82) is 0 Å². The van der Waals surface area contributed by atoms with Crippen LogP contribution in [0.4, 0.5) is 16.3 Å². The molecule has 2 aliphatic rings. The second kappa shape index (κ2) is 9.21. The van der Waals surface area contributed by atoms with Gasteiger partial charge in [0.15, 0.2) is 0 Å². The van der Waals surface area contributed by atoms with Crippen LogP contribution < -0.4 is 16.0 Å². The van der Waals surface area contributed by atoms with E-state index in [0.717, 1.165) is 18.7 Å². The van der Waals surface area contributed by atoms with Gasteiger partial charge in [-0.15, -0.1) is 0 Å². The molecular weight excluding hydrogens is 418 g/mol. The molecule has 3 N–H and O–H groups in total. The molecule has 2 unspecified atom stereocenters. The Morgan fingerprint density at radius 1 is 1.26 bits per heavy atom. The third-order valence-corrected chi connectivity index (χ3v) is 6.07. The van der Waals surface area contributed by atoms with Crippen LogP contribution in [0.2, 0.25) is 5.02 Å². The molecular formula is C22H26ClN5O3. The second-order valence-electron chi connectivity index (χ2n) is 7.88. The van der Waals surface area contributed by atoms with Gasteiger partial charge in [-0.1, -0.05) is 17.7 Å². The summed E-state index contributed by atoms with van der Waals surface area (Å²) in [6.07, 6.45) is 2.59. The number of urea groups is 1. The predicted molar refractivity (Wildman–Crippen MR) is 119 cm³/mol. The number of halogens is 1. The second-order valence-corrected chi connectivity index (χ2v) is 8.32. The molecule has 0 radical (unpaired) electrons. The number of hydrogen-bond donors (Lipinski definition) is 3. The van der Waals surface area contributed by atoms with E-state index in [1.54, 1.807) is 19.2 Å². The number of aromatic nitrogens is 1. The Kier molecular flexibility index (Phi) is 6.41. The number of hydrogen-bond acceptors (Lipinski definition) is 5. The summed E-state index contributed by atoms with van der Waals surface area (Å²) >= 11 is 5.85. The zero-order valence-corrected chi connectivity index (χ0v) is 18.3. The first-order valence-electron chi connectivity index (χ1n) is 10.3. The van der Waals surface area contributed by atoms with Crippen LogP contribution in [0, 0.1) is 0 Å². The van der Waals surface area contributed by atoms with Crippen LogP contribution in [0.3, 0.4) is 0 Å². The van der Waals surface area contributed by atoms with E-state index < -0.39 is 12.1 Å². The maximum atomic E-state index is 13.1. The summed E-state index contributed by atoms with van der Waals surface area (Å²) in [6, 6.07) is 8.48. The molecule has 0 bridgehead atoms. The molecule has 8 nitrogen and oxygen atoms in total. The topological polar surface area (TPSA) is 95.6 Å². The molecule has 1 aromatic carbocycles. The lowest BCUT2D eigenvalue weighted by Gasteiger charge is -2.26. The number of nitrogens with zero attached hydrogens (tertiary/aromatic N) is 2. The van der Waals surface area contributed by atoms with Gasteiger partial charge in [-0.3, -0.25) is 10.1 Å². The summed E-state index contributed by atoms with van der Waals surface area (Å²) in [7, 11) is 1.58. The lowest BCUT2D eigenvalue weighted by molar-refractivity contribution is -0.119. The van der Waals surface area contributed by atoms with Crippen molar-refractivity contribution >= 4 is 35.0 Å². The number of rotatable bonds is 4. The van der Waals surface area contributed by atoms with Gasteiger partial charge < -0.3 is 20.3 Å². The molecule has 3 atom stereocenters. The first kappa shape index (κ1) is 21.5. The van der Waals surface area contributed by atoms with Crippen molar-refractivity contribution in [2.75, 3.05) is 30.8 Å². The standard InChI is InChI=1S/C22H26ClN5O3/c1-13-18-5-4-16(9-14(18)7-8-24-13)26-21(29)19-10-17(31-2)12-28(19)22(30)27-20-6-3-15(23)11-25-20/h3-6,9,11,13,17,19,24H,7-8,10,12H2,1-2H3,(H,26,29)(H,25,27,30)/t13?,17-,19?/m1/s1. The number of anilines is 2. The third kappa shape index (κ3) is 4.81. The Balaban J connectivity index is 1.47. The first-order valence-corrected chi connectivity index (χ1v) is 10.7. The van der Waals surface area contributed by atoms with Gasteiger partial charge in [0.25, 0.3) is 0 Å². The number of amides is 3. The summed E-state index contributed by atoms with van der Waals surface area (Å²) in [5.74, 6) is 0.132. The zero-order chi connectivity index (χ0) is 22.0. The normalized spacial score (nSPS) is 22.7. The highest BCUT2D eigenvalue weighted by atomic mass is 35.5. The van der Waals surface area contributed by atoms with Crippen molar-refractivity contribution in [3.05, 3.63) is 52.7 Å². The molecule has 4 rings (SSSR count). The lowest BCUT2D eigenvalue weighted by atomic mass is 9.95. The SMILES string of the molecule is CO[C@@H]1CC(C(=O)Nc2ccc3c(c2)CCNC3C)N(C(=O)Nc2ccc(Cl)cn2)C1. The van der Waals surface area contributed by atoms with E-state index >= 15 is 0 Å². The number of benzene rings is 1. The molecule has 1 saturated heterocycles. The third-order valence-electron chi connectivity index (χ3n) is 5.84. The molecule has 9 heteroatoms. The van der Waals surface area contributed by atoms with Crippen LogP contribution in [0.1, 0.15) is 30.5 Å². The molecule has 1 fully saturated rings. The van der Waals surface area contributed by atoms with E-state index in [1.165, 1.54) is 22.2 Å². The summed E-state index contributed by atoms with van der Waals surface area (Å²) in [4.78, 5) is 31.5. The number of carbonyl (C=O) groups excluding carboxylic acids is 2. The monoisotopic (exact) mass is 443 g/mol. The fourth-order valence-electron chi connectivity index (χ4n) is 4.15. The van der Waals surface area contributed by atoms with E-state index in [4.69, 9.17) is 16.3 Å². The van der Waals surface area contributed by atoms with Crippen molar-refractivity contribution in [2.45, 2.75) is 38.0 Å². The van der Waals surface area contributed by atoms with Crippen LogP contribution in [0.15, 0.2) is 36.5 Å². The predicted octanol–water partition coefficient (Wildman–Crippen LogP) is 3.20. The van der Waals surface area contributed by atoms with E-state index in [0.29, 0.717) is 29.8 Å². The number of ether oxygens (including phenoxy) is 1. The Labute approximate surface area is 186 Å². The van der Waals surface area contributed by atoms with Crippen molar-refractivity contribution in [1.82, 2.24) is 15.2 Å². The van der Waals surface area contributed by atoms with Gasteiger partial charge in [0, 0.05) is 38.0 Å². The number of carbonyl (C=O) groups is 2. The summed E-state index contributed by atoms with van der Waals surface area (Å²) in [5, 5.41) is 9.61. The van der Waals surface area contributed by atoms with Gasteiger partial charge >= 0.3 is 6.03 Å². The molecule has 3 heterocycles. The first-order chi connectivity index (χ1) is 14.9. The number of fused-ring (bicyclic) bond motifs is 1. The number of pyridine rings is 1. The summed E-state index contributed by atoms with van der Waals surface area (Å²) in [6.45, 7) is 3.36. The maximum absolute atomic E-state index is 13.1. The Bertz CT molecular complexity index is 968. The highest BCUT2D eigenvalue weighted by molar-refractivity contribution is 6.30. The van der Waals surface area contributed by atoms with E-state index in [9.17, 15) is 9.59 Å². The van der Waals surface area contributed by atoms with E-state index in [2.05, 4.69) is 27.9 Å². The van der Waals surface area contributed by atoms with Gasteiger partial charge in [-0.05, 0) is 55.3 Å².